The van der Waals surface area contributed by atoms with Crippen molar-refractivity contribution in [1.82, 2.24) is 9.97 Å². The Kier molecular flexibility index (Phi) is 4.84. The molecule has 4 aromatic rings. The van der Waals surface area contributed by atoms with Gasteiger partial charge in [0.2, 0.25) is 0 Å². The second-order valence-corrected chi connectivity index (χ2v) is 7.09. The number of carbonyl (C=O) groups is 1. The number of para-hydroxylation sites is 1. The lowest BCUT2D eigenvalue weighted by Crippen LogP contribution is -2.01. The molecule has 0 unspecified atom stereocenters. The highest BCUT2D eigenvalue weighted by molar-refractivity contribution is 6.08. The number of hydrogen-bond donors (Lipinski definition) is 3. The van der Waals surface area contributed by atoms with Crippen LogP contribution in [0.4, 0.5) is 0 Å². The first-order valence-electron chi connectivity index (χ1n) is 9.53. The van der Waals surface area contributed by atoms with E-state index in [9.17, 15) is 9.90 Å². The summed E-state index contributed by atoms with van der Waals surface area (Å²) in [6.07, 6.45) is 4.35. The molecule has 0 spiro atoms. The van der Waals surface area contributed by atoms with Gasteiger partial charge < -0.3 is 15.8 Å². The van der Waals surface area contributed by atoms with Crippen LogP contribution in [-0.2, 0) is 6.42 Å². The molecule has 0 radical (unpaired) electrons. The Morgan fingerprint density at radius 2 is 1.96 bits per heavy atom. The lowest BCUT2D eigenvalue weighted by molar-refractivity contribution is 0.0699. The Hall–Kier alpha value is -3.18. The third kappa shape index (κ3) is 3.04. The highest BCUT2D eigenvalue weighted by Gasteiger charge is 2.21. The van der Waals surface area contributed by atoms with E-state index in [1.807, 2.05) is 43.3 Å². The average molecular weight is 373 g/mol. The number of aromatic amines is 1. The molecule has 0 saturated heterocycles. The molecule has 4 N–H and O–H groups in total. The molecule has 5 nitrogen and oxygen atoms in total. The van der Waals surface area contributed by atoms with Gasteiger partial charge in [-0.1, -0.05) is 30.3 Å². The third-order valence-electron chi connectivity index (χ3n) is 5.28. The van der Waals surface area contributed by atoms with E-state index < -0.39 is 5.97 Å². The highest BCUT2D eigenvalue weighted by atomic mass is 16.4. The van der Waals surface area contributed by atoms with Gasteiger partial charge in [0.15, 0.2) is 0 Å². The zero-order valence-electron chi connectivity index (χ0n) is 15.8. The second kappa shape index (κ2) is 7.44. The van der Waals surface area contributed by atoms with E-state index >= 15 is 0 Å². The molecule has 5 heteroatoms. The number of pyridine rings is 1. The van der Waals surface area contributed by atoms with Gasteiger partial charge >= 0.3 is 5.97 Å². The lowest BCUT2D eigenvalue weighted by atomic mass is 9.95. The number of hydrogen-bond acceptors (Lipinski definition) is 3. The van der Waals surface area contributed by atoms with Gasteiger partial charge in [-0.15, -0.1) is 0 Å². The maximum absolute atomic E-state index is 11.9. The molecule has 142 valence electrons. The predicted octanol–water partition coefficient (Wildman–Crippen LogP) is 4.67. The van der Waals surface area contributed by atoms with Gasteiger partial charge in [0.25, 0.3) is 0 Å². The van der Waals surface area contributed by atoms with Gasteiger partial charge in [-0.2, -0.15) is 0 Å². The molecule has 2 aromatic carbocycles. The molecule has 0 bridgehead atoms. The average Bonchev–Trinajstić information content (AvgIpc) is 3.08. The van der Waals surface area contributed by atoms with Crippen molar-refractivity contribution < 1.29 is 9.90 Å². The molecular formula is C23H23N3O2. The number of benzene rings is 2. The number of carboxylic acids is 1. The monoisotopic (exact) mass is 373 g/mol. The minimum atomic E-state index is -0.910. The molecule has 0 atom stereocenters. The first kappa shape index (κ1) is 18.2. The summed E-state index contributed by atoms with van der Waals surface area (Å²) in [7, 11) is 0. The molecule has 0 amide bonds. The van der Waals surface area contributed by atoms with Crippen LogP contribution in [0.15, 0.2) is 48.7 Å². The van der Waals surface area contributed by atoms with Gasteiger partial charge in [0, 0.05) is 28.0 Å². The van der Waals surface area contributed by atoms with Crippen molar-refractivity contribution in [1.29, 1.82) is 0 Å². The maximum Gasteiger partial charge on any atom is 0.336 e. The normalized spacial score (nSPS) is 11.4. The van der Waals surface area contributed by atoms with Crippen molar-refractivity contribution in [2.45, 2.75) is 26.2 Å². The molecule has 28 heavy (non-hydrogen) atoms. The largest absolute Gasteiger partial charge is 0.478 e. The first-order valence-corrected chi connectivity index (χ1v) is 9.53. The molecule has 0 aliphatic rings. The van der Waals surface area contributed by atoms with Crippen molar-refractivity contribution in [3.05, 3.63) is 65.4 Å². The summed E-state index contributed by atoms with van der Waals surface area (Å²) in [5, 5.41) is 11.6. The number of carboxylic acid groups (broad SMARTS) is 1. The fraction of sp³-hybridized carbons (Fsp3) is 0.217. The Labute approximate surface area is 163 Å². The van der Waals surface area contributed by atoms with Gasteiger partial charge in [-0.05, 0) is 56.0 Å². The molecule has 0 fully saturated rings. The molecule has 4 rings (SSSR count). The van der Waals surface area contributed by atoms with E-state index in [2.05, 4.69) is 9.97 Å². The van der Waals surface area contributed by atoms with Crippen molar-refractivity contribution in [2.24, 2.45) is 5.73 Å². The second-order valence-electron chi connectivity index (χ2n) is 7.09. The van der Waals surface area contributed by atoms with Crippen LogP contribution in [-0.4, -0.2) is 27.6 Å². The zero-order chi connectivity index (χ0) is 19.7. The van der Waals surface area contributed by atoms with Gasteiger partial charge in [0.05, 0.1) is 16.8 Å². The number of rotatable bonds is 6. The smallest absolute Gasteiger partial charge is 0.336 e. The van der Waals surface area contributed by atoms with Crippen LogP contribution < -0.4 is 5.73 Å². The summed E-state index contributed by atoms with van der Waals surface area (Å²) in [6, 6.07) is 13.6. The first-order chi connectivity index (χ1) is 13.6. The maximum atomic E-state index is 11.9. The SMILES string of the molecule is Cc1ccc(C(=O)O)c2c(CCCCN)c(-c3cccc4cccnc34)[nH]c12. The Balaban J connectivity index is 2.04. The fourth-order valence-electron chi connectivity index (χ4n) is 3.92. The number of nitrogens with zero attached hydrogens (tertiary/aromatic N) is 1. The minimum Gasteiger partial charge on any atom is -0.478 e. The number of aryl methyl sites for hydroxylation is 2. The Bertz CT molecular complexity index is 1170. The number of aromatic nitrogens is 2. The van der Waals surface area contributed by atoms with Crippen molar-refractivity contribution >= 4 is 27.8 Å². The molecule has 0 aliphatic carbocycles. The fourth-order valence-corrected chi connectivity index (χ4v) is 3.92. The zero-order valence-corrected chi connectivity index (χ0v) is 15.8. The van der Waals surface area contributed by atoms with Crippen LogP contribution in [0.1, 0.15) is 34.3 Å². The van der Waals surface area contributed by atoms with E-state index in [1.54, 1.807) is 12.3 Å². The number of unbranched alkanes of at least 4 members (excludes halogenated alkanes) is 1. The number of nitrogens with two attached hydrogens (primary N) is 1. The third-order valence-corrected chi connectivity index (χ3v) is 5.28. The van der Waals surface area contributed by atoms with E-state index in [4.69, 9.17) is 5.73 Å². The van der Waals surface area contributed by atoms with E-state index in [1.165, 1.54) is 0 Å². The summed E-state index contributed by atoms with van der Waals surface area (Å²) in [5.74, 6) is -0.910. The van der Waals surface area contributed by atoms with Crippen LogP contribution in [0.2, 0.25) is 0 Å². The quantitative estimate of drug-likeness (QED) is 0.428. The van der Waals surface area contributed by atoms with Crippen LogP contribution in [0, 0.1) is 6.92 Å². The lowest BCUT2D eigenvalue weighted by Gasteiger charge is -2.09. The predicted molar refractivity (Wildman–Crippen MR) is 113 cm³/mol. The van der Waals surface area contributed by atoms with Gasteiger partial charge in [0.1, 0.15) is 0 Å². The standard InChI is InChI=1S/C23H23N3O2/c1-14-10-11-17(23(27)28)19-16(8-2-3-12-24)22(26-20(14)19)18-9-4-6-15-7-5-13-25-21(15)18/h4-7,9-11,13,26H,2-3,8,12,24H2,1H3,(H,27,28). The summed E-state index contributed by atoms with van der Waals surface area (Å²) < 4.78 is 0. The Morgan fingerprint density at radius 1 is 1.14 bits per heavy atom. The number of aromatic carboxylic acids is 1. The number of fused-ring (bicyclic) bond motifs is 2. The summed E-state index contributed by atoms with van der Waals surface area (Å²) in [6.45, 7) is 2.62. The summed E-state index contributed by atoms with van der Waals surface area (Å²) in [4.78, 5) is 20.0. The van der Waals surface area contributed by atoms with Crippen molar-refractivity contribution in [3.63, 3.8) is 0 Å². The molecule has 0 saturated carbocycles. The molecule has 0 aliphatic heterocycles. The van der Waals surface area contributed by atoms with Crippen LogP contribution >= 0.6 is 0 Å². The van der Waals surface area contributed by atoms with Gasteiger partial charge in [-0.25, -0.2) is 4.79 Å². The summed E-state index contributed by atoms with van der Waals surface area (Å²) in [5.41, 5.74) is 11.8. The van der Waals surface area contributed by atoms with E-state index in [0.717, 1.165) is 63.5 Å². The van der Waals surface area contributed by atoms with Crippen molar-refractivity contribution in [2.75, 3.05) is 6.54 Å². The van der Waals surface area contributed by atoms with E-state index in [-0.39, 0.29) is 0 Å². The number of H-pyrrole nitrogens is 1. The van der Waals surface area contributed by atoms with E-state index in [0.29, 0.717) is 12.1 Å². The molecular weight excluding hydrogens is 350 g/mol. The molecule has 2 aromatic heterocycles. The highest BCUT2D eigenvalue weighted by Crippen LogP contribution is 2.37. The minimum absolute atomic E-state index is 0.332. The van der Waals surface area contributed by atoms with Crippen LogP contribution in [0.5, 0.6) is 0 Å². The topological polar surface area (TPSA) is 92.0 Å². The summed E-state index contributed by atoms with van der Waals surface area (Å²) >= 11 is 0. The van der Waals surface area contributed by atoms with Gasteiger partial charge in [-0.3, -0.25) is 4.98 Å². The van der Waals surface area contributed by atoms with Crippen LogP contribution in [0.3, 0.4) is 0 Å². The number of nitrogens with one attached hydrogen (secondary N) is 1. The Morgan fingerprint density at radius 3 is 2.75 bits per heavy atom. The van der Waals surface area contributed by atoms with Crippen molar-refractivity contribution in [3.8, 4) is 11.3 Å². The molecule has 2 heterocycles. The van der Waals surface area contributed by atoms with Crippen LogP contribution in [0.25, 0.3) is 33.1 Å².